The first-order valence-electron chi connectivity index (χ1n) is 6.97. The first-order valence-corrected chi connectivity index (χ1v) is 8.12. The van der Waals surface area contributed by atoms with E-state index in [0.717, 1.165) is 0 Å². The van der Waals surface area contributed by atoms with Gasteiger partial charge < -0.3 is 19.1 Å². The van der Waals surface area contributed by atoms with Crippen LogP contribution >= 0.6 is 0 Å². The van der Waals surface area contributed by atoms with Gasteiger partial charge in [-0.3, -0.25) is 9.97 Å². The van der Waals surface area contributed by atoms with E-state index in [1.54, 1.807) is 18.6 Å². The third kappa shape index (κ3) is 5.79. The molecule has 0 aliphatic rings. The molecule has 0 saturated heterocycles. The molecule has 1 unspecified atom stereocenters. The fraction of sp³-hybridized carbons (Fsp3) is 0.714. The van der Waals surface area contributed by atoms with Crippen LogP contribution in [-0.2, 0) is 20.8 Å². The maximum Gasteiger partial charge on any atom is 0.182 e. The Morgan fingerprint density at radius 2 is 1.95 bits per heavy atom. The molecule has 0 bridgehead atoms. The number of rotatable bonds is 8. The molecule has 0 aromatic carbocycles. The summed E-state index contributed by atoms with van der Waals surface area (Å²) in [6.07, 6.45) is 3.27. The number of hydrogen-bond donors (Lipinski definition) is 2. The summed E-state index contributed by atoms with van der Waals surface area (Å²) in [6.45, 7) is 5.61. The van der Waals surface area contributed by atoms with Gasteiger partial charge in [-0.15, -0.1) is 4.72 Å². The van der Waals surface area contributed by atoms with Crippen molar-refractivity contribution in [3.05, 3.63) is 24.3 Å². The van der Waals surface area contributed by atoms with Gasteiger partial charge in [-0.05, 0) is 20.8 Å². The van der Waals surface area contributed by atoms with Crippen LogP contribution in [0.3, 0.4) is 0 Å². The van der Waals surface area contributed by atoms with Gasteiger partial charge in [-0.2, -0.15) is 0 Å². The molecule has 1 aromatic heterocycles. The molecule has 22 heavy (non-hydrogen) atoms. The highest BCUT2D eigenvalue weighted by atomic mass is 32.2. The van der Waals surface area contributed by atoms with Gasteiger partial charge in [0.1, 0.15) is 10.9 Å². The lowest BCUT2D eigenvalue weighted by Crippen LogP contribution is -2.43. The maximum atomic E-state index is 12.3. The van der Waals surface area contributed by atoms with Crippen LogP contribution in [0.5, 0.6) is 0 Å². The number of methoxy groups -OCH3 is 2. The van der Waals surface area contributed by atoms with Crippen LogP contribution in [0.2, 0.25) is 0 Å². The summed E-state index contributed by atoms with van der Waals surface area (Å²) >= 11 is -1.31. The standard InChI is InChI=1S/C14H25N3O4S/c1-14(2,3)22(19)17-10(11-9-15-6-7-16-11)8-12(18)13(20-4)21-5/h6-7,9-10,12-13,17-18H,8H2,1-5H3/t10-,12?,22+/m0/s1. The lowest BCUT2D eigenvalue weighted by atomic mass is 10.1. The van der Waals surface area contributed by atoms with E-state index in [2.05, 4.69) is 14.7 Å². The van der Waals surface area contributed by atoms with Gasteiger partial charge >= 0.3 is 0 Å². The lowest BCUT2D eigenvalue weighted by Gasteiger charge is -2.29. The van der Waals surface area contributed by atoms with Gasteiger partial charge in [-0.1, -0.05) is 0 Å². The first-order chi connectivity index (χ1) is 10.3. The average Bonchev–Trinajstić information content (AvgIpc) is 2.47. The van der Waals surface area contributed by atoms with Crippen molar-refractivity contribution < 1.29 is 19.1 Å². The minimum Gasteiger partial charge on any atom is -0.598 e. The first kappa shape index (κ1) is 19.3. The van der Waals surface area contributed by atoms with E-state index in [0.29, 0.717) is 5.69 Å². The zero-order valence-corrected chi connectivity index (χ0v) is 14.5. The largest absolute Gasteiger partial charge is 0.598 e. The number of aliphatic hydroxyl groups is 1. The fourth-order valence-corrected chi connectivity index (χ4v) is 2.62. The molecule has 1 aromatic rings. The summed E-state index contributed by atoms with van der Waals surface area (Å²) in [5, 5.41) is 10.2. The third-order valence-corrected chi connectivity index (χ3v) is 4.61. The second-order valence-electron chi connectivity index (χ2n) is 5.82. The zero-order chi connectivity index (χ0) is 16.8. The van der Waals surface area contributed by atoms with Crippen molar-refractivity contribution >= 4 is 11.4 Å². The SMILES string of the molecule is COC(OC)C(O)C[C@H](N[S@+]([O-])C(C)(C)C)c1cnccn1. The topological polar surface area (TPSA) is 99.6 Å². The molecule has 126 valence electrons. The molecule has 7 nitrogen and oxygen atoms in total. The van der Waals surface area contributed by atoms with Crippen LogP contribution < -0.4 is 4.72 Å². The average molecular weight is 331 g/mol. The Bertz CT molecular complexity index is 426. The van der Waals surface area contributed by atoms with Crippen LogP contribution in [0.25, 0.3) is 0 Å². The van der Waals surface area contributed by atoms with Gasteiger partial charge in [0.05, 0.1) is 17.9 Å². The minimum atomic E-state index is -1.31. The second-order valence-corrected chi connectivity index (χ2v) is 7.82. The van der Waals surface area contributed by atoms with Crippen LogP contribution in [0, 0.1) is 0 Å². The molecule has 0 aliphatic carbocycles. The summed E-state index contributed by atoms with van der Waals surface area (Å²) in [7, 11) is 2.91. The van der Waals surface area contributed by atoms with E-state index >= 15 is 0 Å². The molecule has 0 aliphatic heterocycles. The van der Waals surface area contributed by atoms with E-state index in [9.17, 15) is 9.66 Å². The van der Waals surface area contributed by atoms with Gasteiger partial charge in [0, 0.05) is 44.4 Å². The number of nitrogens with one attached hydrogen (secondary N) is 1. The smallest absolute Gasteiger partial charge is 0.182 e. The molecule has 1 heterocycles. The molecular weight excluding hydrogens is 306 g/mol. The molecule has 1 rings (SSSR count). The highest BCUT2D eigenvalue weighted by Gasteiger charge is 2.33. The summed E-state index contributed by atoms with van der Waals surface area (Å²) in [5.41, 5.74) is 0.602. The molecular formula is C14H25N3O4S. The second kappa shape index (κ2) is 8.76. The summed E-state index contributed by atoms with van der Waals surface area (Å²) in [4.78, 5) is 8.25. The lowest BCUT2D eigenvalue weighted by molar-refractivity contribution is -0.167. The molecule has 0 spiro atoms. The zero-order valence-electron chi connectivity index (χ0n) is 13.6. The van der Waals surface area contributed by atoms with Crippen LogP contribution in [0.4, 0.5) is 0 Å². The van der Waals surface area contributed by atoms with Gasteiger partial charge in [0.2, 0.25) is 0 Å². The van der Waals surface area contributed by atoms with E-state index in [-0.39, 0.29) is 6.42 Å². The van der Waals surface area contributed by atoms with Crippen LogP contribution in [0.15, 0.2) is 18.6 Å². The summed E-state index contributed by atoms with van der Waals surface area (Å²) < 4.78 is 25.0. The number of aliphatic hydroxyl groups excluding tert-OH is 1. The predicted molar refractivity (Wildman–Crippen MR) is 84.2 cm³/mol. The molecule has 8 heteroatoms. The van der Waals surface area contributed by atoms with Crippen molar-refractivity contribution in [3.63, 3.8) is 0 Å². The maximum absolute atomic E-state index is 12.3. The van der Waals surface area contributed by atoms with Crippen LogP contribution in [-0.4, -0.2) is 51.0 Å². The van der Waals surface area contributed by atoms with E-state index in [1.165, 1.54) is 14.2 Å². The number of nitrogens with zero attached hydrogens (tertiary/aromatic N) is 2. The van der Waals surface area contributed by atoms with Crippen molar-refractivity contribution in [1.82, 2.24) is 14.7 Å². The quantitative estimate of drug-likeness (QED) is 0.540. The molecule has 0 fully saturated rings. The number of ether oxygens (including phenoxy) is 2. The van der Waals surface area contributed by atoms with Crippen LogP contribution in [0.1, 0.15) is 38.9 Å². The van der Waals surface area contributed by atoms with Crippen molar-refractivity contribution in [3.8, 4) is 0 Å². The Morgan fingerprint density at radius 3 is 2.41 bits per heavy atom. The molecule has 0 radical (unpaired) electrons. The van der Waals surface area contributed by atoms with Gasteiger partial charge in [-0.25, -0.2) is 0 Å². The highest BCUT2D eigenvalue weighted by Crippen LogP contribution is 2.23. The van der Waals surface area contributed by atoms with Crippen molar-refractivity contribution in [1.29, 1.82) is 0 Å². The normalized spacial score (nSPS) is 16.5. The summed E-state index contributed by atoms with van der Waals surface area (Å²) in [5.74, 6) is 0. The minimum absolute atomic E-state index is 0.229. The molecule has 2 N–H and O–H groups in total. The number of aromatic nitrogens is 2. The van der Waals surface area contributed by atoms with Gasteiger partial charge in [0.15, 0.2) is 6.29 Å². The van der Waals surface area contributed by atoms with E-state index in [1.807, 2.05) is 20.8 Å². The number of hydrogen-bond acceptors (Lipinski definition) is 7. The summed E-state index contributed by atoms with van der Waals surface area (Å²) in [6, 6.07) is -0.434. The fourth-order valence-electron chi connectivity index (χ4n) is 1.79. The predicted octanol–water partition coefficient (Wildman–Crippen LogP) is 0.939. The van der Waals surface area contributed by atoms with Crippen molar-refractivity contribution in [2.24, 2.45) is 0 Å². The van der Waals surface area contributed by atoms with E-state index < -0.39 is 34.5 Å². The molecule has 3 atom stereocenters. The Labute approximate surface area is 134 Å². The Morgan fingerprint density at radius 1 is 1.32 bits per heavy atom. The monoisotopic (exact) mass is 331 g/mol. The van der Waals surface area contributed by atoms with Crippen molar-refractivity contribution in [2.45, 2.75) is 50.4 Å². The third-order valence-electron chi connectivity index (χ3n) is 3.00. The van der Waals surface area contributed by atoms with Gasteiger partial charge in [0.25, 0.3) is 0 Å². The Kier molecular flexibility index (Phi) is 7.67. The Hall–Kier alpha value is -0.770. The van der Waals surface area contributed by atoms with Crippen molar-refractivity contribution in [2.75, 3.05) is 14.2 Å². The van der Waals surface area contributed by atoms with E-state index in [4.69, 9.17) is 9.47 Å². The Balaban J connectivity index is 2.88. The molecule has 0 saturated carbocycles. The highest BCUT2D eigenvalue weighted by molar-refractivity contribution is 7.90. The molecule has 0 amide bonds.